The summed E-state index contributed by atoms with van der Waals surface area (Å²) < 4.78 is 0. The molecule has 15 fully saturated rings. The van der Waals surface area contributed by atoms with Crippen molar-refractivity contribution in [3.8, 4) is 0 Å². The first-order valence-corrected chi connectivity index (χ1v) is 31.5. The molecule has 7 saturated heterocycles. The van der Waals surface area contributed by atoms with Gasteiger partial charge in [0.25, 0.3) is 0 Å². The number of hydrogen-bond acceptors (Lipinski definition) is 3. The van der Waals surface area contributed by atoms with Crippen molar-refractivity contribution in [2.45, 2.75) is 246 Å². The lowest BCUT2D eigenvalue weighted by Gasteiger charge is -2.57. The second-order valence-electron chi connectivity index (χ2n) is 32.5. The van der Waals surface area contributed by atoms with Gasteiger partial charge in [0, 0.05) is 26.2 Å². The quantitative estimate of drug-likeness (QED) is 0.298. The molecule has 15 aliphatic rings. The maximum atomic E-state index is 3.45. The molecule has 8 saturated carbocycles. The van der Waals surface area contributed by atoms with Gasteiger partial charge in [-0.05, 0) is 244 Å². The third-order valence-corrected chi connectivity index (χ3v) is 23.1. The number of rotatable bonds is 2. The van der Waals surface area contributed by atoms with E-state index in [0.29, 0.717) is 21.7 Å². The summed E-state index contributed by atoms with van der Waals surface area (Å²) in [6.07, 6.45) is 31.7. The third kappa shape index (κ3) is 14.4. The Morgan fingerprint density at radius 1 is 0.435 bits per heavy atom. The summed E-state index contributed by atoms with van der Waals surface area (Å²) >= 11 is 0. The van der Waals surface area contributed by atoms with Gasteiger partial charge in [0.1, 0.15) is 0 Å². The lowest BCUT2D eigenvalue weighted by Crippen LogP contribution is -2.58. The van der Waals surface area contributed by atoms with E-state index in [1.165, 1.54) is 136 Å². The summed E-state index contributed by atoms with van der Waals surface area (Å²) in [5.41, 5.74) is 2.97. The maximum absolute atomic E-state index is 3.45. The number of nitrogens with zero attached hydrogens (tertiary/aromatic N) is 2. The molecule has 15 rings (SSSR count). The van der Waals surface area contributed by atoms with Gasteiger partial charge < -0.3 is 15.1 Å². The topological polar surface area (TPSA) is 18.5 Å². The standard InChI is InChI=1S/C13H22.C12H21N.C11H21N.C11H20.C10H21N.C9H18/c1-12(2,3)13-7-9-4-10(8-13)6-11(13)5-9;1-8(2)12-10-3-9-4-11(12)7-13(5-9)6-10;1-11(2,3)10-8-12-6-4-9(10)5-7-12;1-11(2,3)10-7-8-4-5-9(10)6-8;1-10(2,3)9-5-4-7-11-8-6-9;1-8(2)9-6-4-3-5-7-9/h9-11H,4-8H2,1-3H3;8-12H,3-7H2,1-2H3;9-10H,4-8H2,1-3H3;8-10H,4-7H2,1-3H3;9,11H,4-8H2,1-3H3;8-9H,3-7H2,1-2H3. The van der Waals surface area contributed by atoms with Gasteiger partial charge in [-0.3, -0.25) is 0 Å². The van der Waals surface area contributed by atoms with E-state index in [1.54, 1.807) is 51.4 Å². The molecule has 12 bridgehead atoms. The molecule has 0 aromatic heterocycles. The van der Waals surface area contributed by atoms with Gasteiger partial charge in [-0.25, -0.2) is 0 Å². The molecule has 8 aliphatic carbocycles. The zero-order valence-corrected chi connectivity index (χ0v) is 49.6. The molecule has 3 nitrogen and oxygen atoms in total. The van der Waals surface area contributed by atoms with E-state index >= 15 is 0 Å². The van der Waals surface area contributed by atoms with E-state index < -0.39 is 0 Å². The zero-order valence-electron chi connectivity index (χ0n) is 49.6. The Hall–Kier alpha value is -0.120. The van der Waals surface area contributed by atoms with Crippen LogP contribution >= 0.6 is 0 Å². The van der Waals surface area contributed by atoms with Gasteiger partial charge in [-0.15, -0.1) is 0 Å². The summed E-state index contributed by atoms with van der Waals surface area (Å²) in [5.74, 6) is 16.7. The van der Waals surface area contributed by atoms with Crippen molar-refractivity contribution in [3.63, 3.8) is 0 Å². The summed E-state index contributed by atoms with van der Waals surface area (Å²) in [4.78, 5) is 5.38. The summed E-state index contributed by atoms with van der Waals surface area (Å²) in [7, 11) is 0. The summed E-state index contributed by atoms with van der Waals surface area (Å²) in [6.45, 7) is 49.4. The van der Waals surface area contributed by atoms with Gasteiger partial charge >= 0.3 is 0 Å². The highest BCUT2D eigenvalue weighted by Crippen LogP contribution is 2.71. The van der Waals surface area contributed by atoms with Crippen molar-refractivity contribution in [2.24, 2.45) is 122 Å². The van der Waals surface area contributed by atoms with Gasteiger partial charge in [-0.1, -0.05) is 149 Å². The minimum absolute atomic E-state index is 0.520. The van der Waals surface area contributed by atoms with Crippen molar-refractivity contribution < 1.29 is 0 Å². The van der Waals surface area contributed by atoms with Crippen molar-refractivity contribution in [3.05, 3.63) is 0 Å². The molecular formula is C66H123N3. The van der Waals surface area contributed by atoms with Crippen molar-refractivity contribution >= 4 is 0 Å². The monoisotopic (exact) mass is 958 g/mol. The molecular weight excluding hydrogens is 835 g/mol. The fourth-order valence-corrected chi connectivity index (χ4v) is 19.5. The van der Waals surface area contributed by atoms with Crippen LogP contribution in [0, 0.1) is 122 Å². The first kappa shape index (κ1) is 56.6. The second-order valence-corrected chi connectivity index (χ2v) is 32.5. The Bertz CT molecular complexity index is 1470. The van der Waals surface area contributed by atoms with E-state index in [0.717, 1.165) is 100 Å². The normalized spacial score (nSPS) is 41.7. The highest BCUT2D eigenvalue weighted by atomic mass is 15.2. The lowest BCUT2D eigenvalue weighted by molar-refractivity contribution is -0.0797. The number of piperidine rings is 6. The molecule has 9 unspecified atom stereocenters. The molecule has 402 valence electrons. The van der Waals surface area contributed by atoms with Crippen LogP contribution in [0.1, 0.15) is 246 Å². The van der Waals surface area contributed by atoms with Crippen LogP contribution in [-0.2, 0) is 0 Å². The van der Waals surface area contributed by atoms with E-state index in [4.69, 9.17) is 0 Å². The Labute approximate surface area is 432 Å². The van der Waals surface area contributed by atoms with Crippen molar-refractivity contribution in [1.82, 2.24) is 15.1 Å². The van der Waals surface area contributed by atoms with Crippen LogP contribution in [0.4, 0.5) is 0 Å². The van der Waals surface area contributed by atoms with E-state index in [9.17, 15) is 0 Å². The minimum Gasteiger partial charge on any atom is -0.317 e. The fourth-order valence-electron chi connectivity index (χ4n) is 19.5. The third-order valence-electron chi connectivity index (χ3n) is 23.1. The first-order chi connectivity index (χ1) is 32.3. The summed E-state index contributed by atoms with van der Waals surface area (Å²) in [6, 6.07) is 0. The number of fused-ring (bicyclic) bond motifs is 5. The molecule has 1 N–H and O–H groups in total. The van der Waals surface area contributed by atoms with Crippen molar-refractivity contribution in [2.75, 3.05) is 52.4 Å². The lowest BCUT2D eigenvalue weighted by atomic mass is 9.59. The molecule has 7 aliphatic heterocycles. The first-order valence-electron chi connectivity index (χ1n) is 31.5. The van der Waals surface area contributed by atoms with Crippen LogP contribution in [0.2, 0.25) is 0 Å². The maximum Gasteiger partial charge on any atom is 0.00173 e. The molecule has 0 aromatic rings. The Morgan fingerprint density at radius 3 is 1.42 bits per heavy atom. The SMILES string of the molecule is CC(C)(C)C12CC3CC(CC1C3)C2.CC(C)(C)C1CC2CCC1C2.CC(C)(C)C1CCCNCC1.CC(C)(C)C1CN2CCC1CC2.CC(C)C1C2CC3CC1CN(C3)C2.CC(C)C1CCCCC1. The summed E-state index contributed by atoms with van der Waals surface area (Å²) in [5, 5.41) is 3.45. The molecule has 0 spiro atoms. The highest BCUT2D eigenvalue weighted by molar-refractivity contribution is 5.11. The molecule has 3 heteroatoms. The second kappa shape index (κ2) is 23.4. The Balaban J connectivity index is 0.000000123. The zero-order chi connectivity index (χ0) is 50.1. The molecule has 9 atom stereocenters. The van der Waals surface area contributed by atoms with Crippen LogP contribution in [0.25, 0.3) is 0 Å². The van der Waals surface area contributed by atoms with Crippen LogP contribution in [0.15, 0.2) is 0 Å². The van der Waals surface area contributed by atoms with E-state index in [1.807, 2.05) is 0 Å². The van der Waals surface area contributed by atoms with Crippen LogP contribution in [0.5, 0.6) is 0 Å². The fraction of sp³-hybridized carbons (Fsp3) is 1.00. The molecule has 0 amide bonds. The van der Waals surface area contributed by atoms with Crippen molar-refractivity contribution in [1.29, 1.82) is 0 Å². The van der Waals surface area contributed by atoms with Gasteiger partial charge in [0.05, 0.1) is 0 Å². The van der Waals surface area contributed by atoms with Crippen LogP contribution in [0.3, 0.4) is 0 Å². The van der Waals surface area contributed by atoms with Crippen LogP contribution in [-0.4, -0.2) is 62.2 Å². The van der Waals surface area contributed by atoms with Gasteiger partial charge in [-0.2, -0.15) is 0 Å². The van der Waals surface area contributed by atoms with E-state index in [-0.39, 0.29) is 0 Å². The highest BCUT2D eigenvalue weighted by Gasteiger charge is 2.62. The average Bonchev–Trinajstić information content (AvgIpc) is 3.97. The predicted molar refractivity (Wildman–Crippen MR) is 301 cm³/mol. The molecule has 7 heterocycles. The van der Waals surface area contributed by atoms with Crippen LogP contribution < -0.4 is 5.32 Å². The largest absolute Gasteiger partial charge is 0.317 e. The smallest absolute Gasteiger partial charge is 0.00173 e. The molecule has 0 radical (unpaired) electrons. The molecule has 0 aromatic carbocycles. The number of nitrogens with one attached hydrogen (secondary N) is 1. The average molecular weight is 959 g/mol. The van der Waals surface area contributed by atoms with E-state index in [2.05, 4.69) is 126 Å². The minimum atomic E-state index is 0.520. The van der Waals surface area contributed by atoms with Gasteiger partial charge in [0.2, 0.25) is 0 Å². The predicted octanol–water partition coefficient (Wildman–Crippen LogP) is 17.6. The van der Waals surface area contributed by atoms with Gasteiger partial charge in [0.15, 0.2) is 0 Å². The molecule has 69 heavy (non-hydrogen) atoms. The Morgan fingerprint density at radius 2 is 1.03 bits per heavy atom. The number of hydrogen-bond donors (Lipinski definition) is 1. The Kier molecular flexibility index (Phi) is 19.2.